The van der Waals surface area contributed by atoms with E-state index in [-0.39, 0.29) is 11.2 Å². The molecule has 3 heteroatoms. The second-order valence-corrected chi connectivity index (χ2v) is 6.92. The van der Waals surface area contributed by atoms with Gasteiger partial charge in [-0.05, 0) is 37.5 Å². The maximum Gasteiger partial charge on any atom is 0.237 e. The van der Waals surface area contributed by atoms with Gasteiger partial charge < -0.3 is 5.32 Å². The van der Waals surface area contributed by atoms with Gasteiger partial charge in [0, 0.05) is 11.4 Å². The van der Waals surface area contributed by atoms with Crippen molar-refractivity contribution in [3.05, 3.63) is 71.3 Å². The van der Waals surface area contributed by atoms with Gasteiger partial charge in [-0.1, -0.05) is 60.7 Å². The summed E-state index contributed by atoms with van der Waals surface area (Å²) >= 11 is 1.64. The number of nitrogens with one attached hydrogen (secondary N) is 1. The molecule has 0 aliphatic carbocycles. The van der Waals surface area contributed by atoms with Crippen molar-refractivity contribution < 1.29 is 4.79 Å². The van der Waals surface area contributed by atoms with Crippen molar-refractivity contribution in [2.24, 2.45) is 0 Å². The van der Waals surface area contributed by atoms with Crippen LogP contribution in [0.5, 0.6) is 0 Å². The SMILES string of the molecule is Cc1cccc(C)c1NC(=O)C(C)SC/C=C/c1ccccc1. The Labute approximate surface area is 143 Å². The lowest BCUT2D eigenvalue weighted by molar-refractivity contribution is -0.115. The van der Waals surface area contributed by atoms with Gasteiger partial charge in [0.1, 0.15) is 0 Å². The number of aryl methyl sites for hydroxylation is 2. The van der Waals surface area contributed by atoms with E-state index in [0.717, 1.165) is 22.6 Å². The first-order chi connectivity index (χ1) is 11.1. The molecule has 120 valence electrons. The number of thioether (sulfide) groups is 1. The third-order valence-corrected chi connectivity index (χ3v) is 4.75. The van der Waals surface area contributed by atoms with Crippen molar-refractivity contribution in [2.45, 2.75) is 26.0 Å². The van der Waals surface area contributed by atoms with E-state index in [4.69, 9.17) is 0 Å². The largest absolute Gasteiger partial charge is 0.325 e. The van der Waals surface area contributed by atoms with Gasteiger partial charge in [-0.15, -0.1) is 11.8 Å². The van der Waals surface area contributed by atoms with Crippen LogP contribution in [0, 0.1) is 13.8 Å². The van der Waals surface area contributed by atoms with Gasteiger partial charge in [0.15, 0.2) is 0 Å². The van der Waals surface area contributed by atoms with Gasteiger partial charge in [0.05, 0.1) is 5.25 Å². The number of carbonyl (C=O) groups is 1. The molecule has 1 atom stereocenters. The molecule has 2 nitrogen and oxygen atoms in total. The first-order valence-corrected chi connectivity index (χ1v) is 8.83. The standard InChI is InChI=1S/C20H23NOS/c1-15-9-7-10-16(2)19(15)21-20(22)17(3)23-14-8-13-18-11-5-4-6-12-18/h4-13,17H,14H2,1-3H3,(H,21,22)/b13-8+. The zero-order valence-electron chi connectivity index (χ0n) is 13.9. The summed E-state index contributed by atoms with van der Waals surface area (Å²) in [5, 5.41) is 2.96. The lowest BCUT2D eigenvalue weighted by Gasteiger charge is -2.14. The molecule has 0 aromatic heterocycles. The van der Waals surface area contributed by atoms with Crippen molar-refractivity contribution >= 4 is 29.4 Å². The average molecular weight is 325 g/mol. The van der Waals surface area contributed by atoms with Crippen molar-refractivity contribution in [1.82, 2.24) is 0 Å². The molecule has 0 saturated carbocycles. The highest BCUT2D eigenvalue weighted by Gasteiger charge is 2.14. The number of para-hydroxylation sites is 1. The number of benzene rings is 2. The molecule has 2 aromatic carbocycles. The second-order valence-electron chi connectivity index (χ2n) is 5.54. The summed E-state index contributed by atoms with van der Waals surface area (Å²) < 4.78 is 0. The number of amides is 1. The Morgan fingerprint density at radius 1 is 1.09 bits per heavy atom. The van der Waals surface area contributed by atoms with Crippen LogP contribution in [0.3, 0.4) is 0 Å². The summed E-state index contributed by atoms with van der Waals surface area (Å²) in [7, 11) is 0. The molecule has 0 aliphatic rings. The topological polar surface area (TPSA) is 29.1 Å². The van der Waals surface area contributed by atoms with Crippen LogP contribution >= 0.6 is 11.8 Å². The quantitative estimate of drug-likeness (QED) is 0.802. The smallest absolute Gasteiger partial charge is 0.237 e. The molecule has 0 heterocycles. The van der Waals surface area contributed by atoms with E-state index in [0.29, 0.717) is 0 Å². The lowest BCUT2D eigenvalue weighted by atomic mass is 10.1. The summed E-state index contributed by atoms with van der Waals surface area (Å²) in [4.78, 5) is 12.3. The molecular weight excluding hydrogens is 302 g/mol. The Hall–Kier alpha value is -2.00. The van der Waals surface area contributed by atoms with Crippen LogP contribution in [-0.4, -0.2) is 16.9 Å². The maximum absolute atomic E-state index is 12.3. The van der Waals surface area contributed by atoms with Gasteiger partial charge in [-0.25, -0.2) is 0 Å². The van der Waals surface area contributed by atoms with Gasteiger partial charge >= 0.3 is 0 Å². The molecule has 0 bridgehead atoms. The van der Waals surface area contributed by atoms with E-state index in [9.17, 15) is 4.79 Å². The fraction of sp³-hybridized carbons (Fsp3) is 0.250. The number of hydrogen-bond donors (Lipinski definition) is 1. The Bertz CT molecular complexity index is 659. The highest BCUT2D eigenvalue weighted by molar-refractivity contribution is 8.00. The predicted octanol–water partition coefficient (Wildman–Crippen LogP) is 5.08. The number of anilines is 1. The zero-order valence-corrected chi connectivity index (χ0v) is 14.7. The first-order valence-electron chi connectivity index (χ1n) is 7.78. The van der Waals surface area contributed by atoms with Gasteiger partial charge in [-0.3, -0.25) is 4.79 Å². The summed E-state index contributed by atoms with van der Waals surface area (Å²) in [5.74, 6) is 0.872. The number of hydrogen-bond acceptors (Lipinski definition) is 2. The normalized spacial score (nSPS) is 12.3. The molecule has 2 aromatic rings. The summed E-state index contributed by atoms with van der Waals surface area (Å²) in [6.07, 6.45) is 4.19. The Balaban J connectivity index is 1.85. The van der Waals surface area contributed by atoms with Gasteiger partial charge in [0.25, 0.3) is 0 Å². The summed E-state index contributed by atoms with van der Waals surface area (Å²) in [6, 6.07) is 16.2. The molecular formula is C20H23NOS. The first kappa shape index (κ1) is 17.4. The molecule has 1 N–H and O–H groups in total. The second kappa shape index (κ2) is 8.59. The van der Waals surface area contributed by atoms with Crippen LogP contribution in [0.2, 0.25) is 0 Å². The van der Waals surface area contributed by atoms with Crippen molar-refractivity contribution in [3.8, 4) is 0 Å². The Morgan fingerprint density at radius 3 is 2.39 bits per heavy atom. The average Bonchev–Trinajstić information content (AvgIpc) is 2.55. The fourth-order valence-corrected chi connectivity index (χ4v) is 2.97. The van der Waals surface area contributed by atoms with E-state index in [1.807, 2.05) is 57.2 Å². The molecule has 2 rings (SSSR count). The maximum atomic E-state index is 12.3. The zero-order chi connectivity index (χ0) is 16.7. The van der Waals surface area contributed by atoms with E-state index in [2.05, 4.69) is 29.6 Å². The van der Waals surface area contributed by atoms with Gasteiger partial charge in [-0.2, -0.15) is 0 Å². The van der Waals surface area contributed by atoms with E-state index < -0.39 is 0 Å². The fourth-order valence-electron chi connectivity index (χ4n) is 2.26. The lowest BCUT2D eigenvalue weighted by Crippen LogP contribution is -2.23. The third kappa shape index (κ3) is 5.29. The molecule has 0 fully saturated rings. The van der Waals surface area contributed by atoms with Crippen LogP contribution in [0.1, 0.15) is 23.6 Å². The predicted molar refractivity (Wildman–Crippen MR) is 102 cm³/mol. The minimum Gasteiger partial charge on any atom is -0.325 e. The molecule has 0 aliphatic heterocycles. The Morgan fingerprint density at radius 2 is 1.74 bits per heavy atom. The molecule has 0 saturated heterocycles. The van der Waals surface area contributed by atoms with E-state index in [1.54, 1.807) is 11.8 Å². The van der Waals surface area contributed by atoms with Crippen LogP contribution < -0.4 is 5.32 Å². The Kier molecular flexibility index (Phi) is 6.48. The highest BCUT2D eigenvalue weighted by atomic mass is 32.2. The molecule has 1 unspecified atom stereocenters. The molecule has 0 radical (unpaired) electrons. The molecule has 0 spiro atoms. The number of carbonyl (C=O) groups excluding carboxylic acids is 1. The number of rotatable bonds is 6. The van der Waals surface area contributed by atoms with Crippen LogP contribution in [0.15, 0.2) is 54.6 Å². The van der Waals surface area contributed by atoms with Crippen molar-refractivity contribution in [2.75, 3.05) is 11.1 Å². The van der Waals surface area contributed by atoms with Crippen molar-refractivity contribution in [1.29, 1.82) is 0 Å². The van der Waals surface area contributed by atoms with Crippen LogP contribution in [0.4, 0.5) is 5.69 Å². The van der Waals surface area contributed by atoms with Crippen LogP contribution in [0.25, 0.3) is 6.08 Å². The third-order valence-electron chi connectivity index (χ3n) is 3.65. The monoisotopic (exact) mass is 325 g/mol. The van der Waals surface area contributed by atoms with E-state index in [1.165, 1.54) is 5.56 Å². The minimum atomic E-state index is -0.0885. The molecule has 1 amide bonds. The summed E-state index contributed by atoms with van der Waals surface area (Å²) in [5.41, 5.74) is 4.31. The summed E-state index contributed by atoms with van der Waals surface area (Å²) in [6.45, 7) is 5.98. The molecule has 23 heavy (non-hydrogen) atoms. The van der Waals surface area contributed by atoms with Crippen LogP contribution in [-0.2, 0) is 4.79 Å². The minimum absolute atomic E-state index is 0.0560. The highest BCUT2D eigenvalue weighted by Crippen LogP contribution is 2.21. The van der Waals surface area contributed by atoms with Gasteiger partial charge in [0.2, 0.25) is 5.91 Å². The van der Waals surface area contributed by atoms with E-state index >= 15 is 0 Å². The van der Waals surface area contributed by atoms with Crippen molar-refractivity contribution in [3.63, 3.8) is 0 Å².